The first-order valence-electron chi connectivity index (χ1n) is 6.17. The SMILES string of the molecule is CC(NCCc1ccncc1)c1cccc(O)c1. The first-order chi connectivity index (χ1) is 8.75. The highest BCUT2D eigenvalue weighted by Crippen LogP contribution is 2.17. The van der Waals surface area contributed by atoms with Crippen molar-refractivity contribution in [2.24, 2.45) is 0 Å². The summed E-state index contributed by atoms with van der Waals surface area (Å²) < 4.78 is 0. The molecule has 0 spiro atoms. The Morgan fingerprint density at radius 3 is 2.72 bits per heavy atom. The van der Waals surface area contributed by atoms with Gasteiger partial charge in [0, 0.05) is 18.4 Å². The van der Waals surface area contributed by atoms with Crippen LogP contribution in [-0.2, 0) is 6.42 Å². The molecule has 1 aromatic heterocycles. The number of hydrogen-bond donors (Lipinski definition) is 2. The van der Waals surface area contributed by atoms with E-state index in [1.807, 2.05) is 36.7 Å². The van der Waals surface area contributed by atoms with Crippen LogP contribution in [0, 0.1) is 0 Å². The topological polar surface area (TPSA) is 45.2 Å². The van der Waals surface area contributed by atoms with Crippen LogP contribution in [0.2, 0.25) is 0 Å². The molecule has 2 aromatic rings. The molecule has 0 bridgehead atoms. The summed E-state index contributed by atoms with van der Waals surface area (Å²) in [7, 11) is 0. The molecule has 1 aromatic carbocycles. The molecule has 3 heteroatoms. The molecular weight excluding hydrogens is 224 g/mol. The minimum atomic E-state index is 0.235. The number of phenolic OH excluding ortho intramolecular Hbond substituents is 1. The Balaban J connectivity index is 1.83. The summed E-state index contributed by atoms with van der Waals surface area (Å²) in [5.41, 5.74) is 2.38. The average Bonchev–Trinajstić information content (AvgIpc) is 2.40. The number of aromatic hydroxyl groups is 1. The lowest BCUT2D eigenvalue weighted by Gasteiger charge is -2.14. The second kappa shape index (κ2) is 6.17. The van der Waals surface area contributed by atoms with Crippen LogP contribution in [0.25, 0.3) is 0 Å². The average molecular weight is 242 g/mol. The zero-order valence-electron chi connectivity index (χ0n) is 10.5. The van der Waals surface area contributed by atoms with E-state index in [2.05, 4.69) is 17.2 Å². The maximum Gasteiger partial charge on any atom is 0.115 e. The van der Waals surface area contributed by atoms with E-state index in [-0.39, 0.29) is 6.04 Å². The highest BCUT2D eigenvalue weighted by Gasteiger charge is 2.04. The molecule has 0 aliphatic rings. The van der Waals surface area contributed by atoms with Gasteiger partial charge in [-0.3, -0.25) is 4.98 Å². The van der Waals surface area contributed by atoms with Crippen LogP contribution in [0.1, 0.15) is 24.1 Å². The highest BCUT2D eigenvalue weighted by molar-refractivity contribution is 5.29. The molecule has 0 amide bonds. The van der Waals surface area contributed by atoms with Gasteiger partial charge >= 0.3 is 0 Å². The second-order valence-electron chi connectivity index (χ2n) is 4.38. The first-order valence-corrected chi connectivity index (χ1v) is 6.17. The molecule has 1 heterocycles. The van der Waals surface area contributed by atoms with Crippen molar-refractivity contribution >= 4 is 0 Å². The fraction of sp³-hybridized carbons (Fsp3) is 0.267. The van der Waals surface area contributed by atoms with Gasteiger partial charge in [0.1, 0.15) is 5.75 Å². The molecule has 0 aliphatic heterocycles. The quantitative estimate of drug-likeness (QED) is 0.847. The van der Waals surface area contributed by atoms with Crippen molar-refractivity contribution in [2.45, 2.75) is 19.4 Å². The second-order valence-corrected chi connectivity index (χ2v) is 4.38. The van der Waals surface area contributed by atoms with Crippen molar-refractivity contribution in [2.75, 3.05) is 6.54 Å². The Morgan fingerprint density at radius 1 is 1.22 bits per heavy atom. The van der Waals surface area contributed by atoms with Gasteiger partial charge in [-0.15, -0.1) is 0 Å². The van der Waals surface area contributed by atoms with Gasteiger partial charge < -0.3 is 10.4 Å². The number of aromatic nitrogens is 1. The van der Waals surface area contributed by atoms with Gasteiger partial charge in [-0.1, -0.05) is 12.1 Å². The summed E-state index contributed by atoms with van der Waals surface area (Å²) >= 11 is 0. The number of rotatable bonds is 5. The minimum absolute atomic E-state index is 0.235. The molecule has 18 heavy (non-hydrogen) atoms. The van der Waals surface area contributed by atoms with Gasteiger partial charge in [-0.2, -0.15) is 0 Å². The van der Waals surface area contributed by atoms with E-state index in [1.54, 1.807) is 12.1 Å². The van der Waals surface area contributed by atoms with Gasteiger partial charge in [-0.05, 0) is 55.3 Å². The van der Waals surface area contributed by atoms with E-state index in [0.717, 1.165) is 18.5 Å². The lowest BCUT2D eigenvalue weighted by Crippen LogP contribution is -2.21. The summed E-state index contributed by atoms with van der Waals surface area (Å²) in [6.45, 7) is 3.00. The van der Waals surface area contributed by atoms with Crippen LogP contribution in [0.3, 0.4) is 0 Å². The maximum atomic E-state index is 9.43. The van der Waals surface area contributed by atoms with Crippen molar-refractivity contribution in [1.29, 1.82) is 0 Å². The molecule has 0 saturated heterocycles. The molecule has 2 N–H and O–H groups in total. The van der Waals surface area contributed by atoms with Crippen molar-refractivity contribution in [3.63, 3.8) is 0 Å². The number of nitrogens with one attached hydrogen (secondary N) is 1. The van der Waals surface area contributed by atoms with Gasteiger partial charge in [0.25, 0.3) is 0 Å². The zero-order chi connectivity index (χ0) is 12.8. The zero-order valence-corrected chi connectivity index (χ0v) is 10.5. The fourth-order valence-electron chi connectivity index (χ4n) is 1.89. The fourth-order valence-corrected chi connectivity index (χ4v) is 1.89. The van der Waals surface area contributed by atoms with E-state index < -0.39 is 0 Å². The maximum absolute atomic E-state index is 9.43. The van der Waals surface area contributed by atoms with E-state index in [9.17, 15) is 5.11 Å². The number of phenols is 1. The Labute approximate surface area is 108 Å². The van der Waals surface area contributed by atoms with Crippen LogP contribution in [-0.4, -0.2) is 16.6 Å². The number of hydrogen-bond acceptors (Lipinski definition) is 3. The van der Waals surface area contributed by atoms with Gasteiger partial charge in [-0.25, -0.2) is 0 Å². The molecule has 1 atom stereocenters. The smallest absolute Gasteiger partial charge is 0.115 e. The highest BCUT2D eigenvalue weighted by atomic mass is 16.3. The Morgan fingerprint density at radius 2 is 2.00 bits per heavy atom. The van der Waals surface area contributed by atoms with Crippen molar-refractivity contribution in [3.05, 3.63) is 59.9 Å². The summed E-state index contributed by atoms with van der Waals surface area (Å²) in [5.74, 6) is 0.315. The van der Waals surface area contributed by atoms with E-state index in [1.165, 1.54) is 5.56 Å². The molecular formula is C15H18N2O. The van der Waals surface area contributed by atoms with Crippen molar-refractivity contribution in [3.8, 4) is 5.75 Å². The molecule has 1 unspecified atom stereocenters. The van der Waals surface area contributed by atoms with E-state index in [4.69, 9.17) is 0 Å². The molecule has 3 nitrogen and oxygen atoms in total. The molecule has 0 fully saturated rings. The number of nitrogens with zero attached hydrogens (tertiary/aromatic N) is 1. The summed E-state index contributed by atoms with van der Waals surface area (Å²) in [6, 6.07) is 11.7. The Hall–Kier alpha value is -1.87. The monoisotopic (exact) mass is 242 g/mol. The third-order valence-electron chi connectivity index (χ3n) is 2.98. The van der Waals surface area contributed by atoms with Crippen LogP contribution in [0.4, 0.5) is 0 Å². The Kier molecular flexibility index (Phi) is 4.31. The third kappa shape index (κ3) is 3.57. The van der Waals surface area contributed by atoms with Crippen LogP contribution >= 0.6 is 0 Å². The van der Waals surface area contributed by atoms with Crippen LogP contribution < -0.4 is 5.32 Å². The largest absolute Gasteiger partial charge is 0.508 e. The normalized spacial score (nSPS) is 12.3. The third-order valence-corrected chi connectivity index (χ3v) is 2.98. The van der Waals surface area contributed by atoms with Crippen molar-refractivity contribution < 1.29 is 5.11 Å². The number of benzene rings is 1. The molecule has 0 radical (unpaired) electrons. The van der Waals surface area contributed by atoms with Gasteiger partial charge in [0.05, 0.1) is 0 Å². The molecule has 94 valence electrons. The lowest BCUT2D eigenvalue weighted by atomic mass is 10.1. The number of pyridine rings is 1. The van der Waals surface area contributed by atoms with E-state index in [0.29, 0.717) is 5.75 Å². The van der Waals surface area contributed by atoms with Gasteiger partial charge in [0.2, 0.25) is 0 Å². The molecule has 2 rings (SSSR count). The lowest BCUT2D eigenvalue weighted by molar-refractivity contribution is 0.472. The van der Waals surface area contributed by atoms with Crippen LogP contribution in [0.15, 0.2) is 48.8 Å². The molecule has 0 aliphatic carbocycles. The van der Waals surface area contributed by atoms with E-state index >= 15 is 0 Å². The van der Waals surface area contributed by atoms with Crippen molar-refractivity contribution in [1.82, 2.24) is 10.3 Å². The summed E-state index contributed by atoms with van der Waals surface area (Å²) in [4.78, 5) is 4.00. The van der Waals surface area contributed by atoms with Gasteiger partial charge in [0.15, 0.2) is 0 Å². The summed E-state index contributed by atoms with van der Waals surface area (Å²) in [5, 5.41) is 12.9. The van der Waals surface area contributed by atoms with Crippen LogP contribution in [0.5, 0.6) is 5.75 Å². The molecule has 0 saturated carbocycles. The minimum Gasteiger partial charge on any atom is -0.508 e. The summed E-state index contributed by atoms with van der Waals surface area (Å²) in [6.07, 6.45) is 4.60. The first kappa shape index (κ1) is 12.6. The Bertz CT molecular complexity index is 485. The standard InChI is InChI=1S/C15H18N2O/c1-12(14-3-2-4-15(18)11-14)17-10-7-13-5-8-16-9-6-13/h2-6,8-9,11-12,17-18H,7,10H2,1H3. The predicted octanol–water partition coefficient (Wildman–Crippen LogP) is 2.68. The predicted molar refractivity (Wildman–Crippen MR) is 72.5 cm³/mol.